The van der Waals surface area contributed by atoms with E-state index >= 15 is 0 Å². The molecular formula is C48H39BS2. The average molecular weight is 691 g/mol. The van der Waals surface area contributed by atoms with Crippen LogP contribution in [0.4, 0.5) is 0 Å². The van der Waals surface area contributed by atoms with Gasteiger partial charge in [-0.1, -0.05) is 180 Å². The molecule has 2 heterocycles. The highest BCUT2D eigenvalue weighted by atomic mass is 32.2. The molecule has 11 rings (SSSR count). The van der Waals surface area contributed by atoms with Crippen LogP contribution in [0, 0.1) is 0 Å². The van der Waals surface area contributed by atoms with Gasteiger partial charge in [-0.25, -0.2) is 0 Å². The summed E-state index contributed by atoms with van der Waals surface area (Å²) in [5.41, 5.74) is 17.2. The Morgan fingerprint density at radius 2 is 0.902 bits per heavy atom. The normalized spacial score (nSPS) is 16.6. The van der Waals surface area contributed by atoms with Crippen LogP contribution < -0.4 is 16.4 Å². The number of hydrogen-bond acceptors (Lipinski definition) is 2. The van der Waals surface area contributed by atoms with E-state index in [0.29, 0.717) is 0 Å². The smallest absolute Gasteiger partial charge is 0.0908 e. The Kier molecular flexibility index (Phi) is 5.86. The van der Waals surface area contributed by atoms with Crippen LogP contribution >= 0.6 is 23.5 Å². The Bertz CT molecular complexity index is 2560. The second-order valence-electron chi connectivity index (χ2n) is 17.3. The predicted octanol–water partition coefficient (Wildman–Crippen LogP) is 11.3. The molecule has 4 aliphatic rings. The lowest BCUT2D eigenvalue weighted by atomic mass is 9.36. The molecule has 3 heteroatoms. The van der Waals surface area contributed by atoms with Crippen LogP contribution in [-0.4, -0.2) is 6.71 Å². The van der Waals surface area contributed by atoms with Crippen LogP contribution in [-0.2, 0) is 16.2 Å². The van der Waals surface area contributed by atoms with Crippen molar-refractivity contribution < 1.29 is 0 Å². The Balaban J connectivity index is 1.19. The molecule has 0 saturated carbocycles. The number of fused-ring (bicyclic) bond motifs is 16. The zero-order chi connectivity index (χ0) is 34.8. The van der Waals surface area contributed by atoms with E-state index in [4.69, 9.17) is 0 Å². The Morgan fingerprint density at radius 3 is 1.35 bits per heavy atom. The van der Waals surface area contributed by atoms with Gasteiger partial charge in [-0.3, -0.25) is 0 Å². The summed E-state index contributed by atoms with van der Waals surface area (Å²) < 4.78 is 0. The van der Waals surface area contributed by atoms with Gasteiger partial charge in [0, 0.05) is 30.4 Å². The van der Waals surface area contributed by atoms with Crippen molar-refractivity contribution in [1.29, 1.82) is 0 Å². The van der Waals surface area contributed by atoms with Crippen LogP contribution in [0.5, 0.6) is 0 Å². The lowest BCUT2D eigenvalue weighted by molar-refractivity contribution is 0.587. The van der Waals surface area contributed by atoms with Crippen molar-refractivity contribution in [2.24, 2.45) is 0 Å². The lowest BCUT2D eigenvalue weighted by Gasteiger charge is -2.38. The first-order valence-corrected chi connectivity index (χ1v) is 20.0. The predicted molar refractivity (Wildman–Crippen MR) is 221 cm³/mol. The molecule has 51 heavy (non-hydrogen) atoms. The molecule has 0 nitrogen and oxygen atoms in total. The van der Waals surface area contributed by atoms with Crippen molar-refractivity contribution in [2.75, 3.05) is 0 Å². The topological polar surface area (TPSA) is 0 Å². The summed E-state index contributed by atoms with van der Waals surface area (Å²) in [5.74, 6) is 0. The summed E-state index contributed by atoms with van der Waals surface area (Å²) in [7, 11) is 0. The minimum absolute atomic E-state index is 0.0445. The third-order valence-corrected chi connectivity index (χ3v) is 15.0. The van der Waals surface area contributed by atoms with Crippen LogP contribution in [0.3, 0.4) is 0 Å². The van der Waals surface area contributed by atoms with Crippen LogP contribution in [0.15, 0.2) is 129 Å². The van der Waals surface area contributed by atoms with Crippen LogP contribution in [0.1, 0.15) is 76.3 Å². The molecule has 2 aliphatic heterocycles. The molecule has 0 atom stereocenters. The minimum atomic E-state index is -0.124. The molecule has 0 amide bonds. The third-order valence-electron chi connectivity index (χ3n) is 12.6. The van der Waals surface area contributed by atoms with Crippen LogP contribution in [0.2, 0.25) is 0 Å². The van der Waals surface area contributed by atoms with E-state index in [-0.39, 0.29) is 23.0 Å². The van der Waals surface area contributed by atoms with Gasteiger partial charge in [0.25, 0.3) is 0 Å². The Morgan fingerprint density at radius 1 is 0.490 bits per heavy atom. The molecule has 0 unspecified atom stereocenters. The second kappa shape index (κ2) is 9.82. The zero-order valence-electron chi connectivity index (χ0n) is 30.3. The van der Waals surface area contributed by atoms with Gasteiger partial charge in [-0.15, -0.1) is 0 Å². The van der Waals surface area contributed by atoms with E-state index in [0.717, 1.165) is 0 Å². The van der Waals surface area contributed by atoms with Gasteiger partial charge < -0.3 is 0 Å². The highest BCUT2D eigenvalue weighted by molar-refractivity contribution is 8.01. The van der Waals surface area contributed by atoms with Gasteiger partial charge in [-0.2, -0.15) is 0 Å². The fraction of sp³-hybridized carbons (Fsp3) is 0.208. The van der Waals surface area contributed by atoms with Crippen molar-refractivity contribution in [1.82, 2.24) is 0 Å². The molecule has 0 bridgehead atoms. The molecular weight excluding hydrogens is 651 g/mol. The van der Waals surface area contributed by atoms with Gasteiger partial charge in [0.2, 0.25) is 6.71 Å². The van der Waals surface area contributed by atoms with E-state index in [1.165, 1.54) is 108 Å². The van der Waals surface area contributed by atoms with Gasteiger partial charge in [0.05, 0.1) is 0 Å². The van der Waals surface area contributed by atoms with E-state index in [1.54, 1.807) is 0 Å². The molecule has 246 valence electrons. The first-order chi connectivity index (χ1) is 24.4. The summed E-state index contributed by atoms with van der Waals surface area (Å²) in [6.07, 6.45) is 0. The minimum Gasteiger partial charge on any atom is -0.0908 e. The van der Waals surface area contributed by atoms with Gasteiger partial charge in [0.15, 0.2) is 0 Å². The van der Waals surface area contributed by atoms with Gasteiger partial charge >= 0.3 is 0 Å². The summed E-state index contributed by atoms with van der Waals surface area (Å²) in [6.45, 7) is 17.2. The van der Waals surface area contributed by atoms with Crippen LogP contribution in [0.25, 0.3) is 43.8 Å². The summed E-state index contributed by atoms with van der Waals surface area (Å²) >= 11 is 4.08. The van der Waals surface area contributed by atoms with E-state index in [2.05, 4.69) is 158 Å². The third kappa shape index (κ3) is 3.82. The molecule has 7 aromatic rings. The summed E-state index contributed by atoms with van der Waals surface area (Å²) in [5, 5.41) is 5.42. The fourth-order valence-electron chi connectivity index (χ4n) is 10.3. The number of hydrogen-bond donors (Lipinski definition) is 0. The Hall–Kier alpha value is -4.18. The van der Waals surface area contributed by atoms with Crippen molar-refractivity contribution in [3.05, 3.63) is 137 Å². The number of rotatable bonds is 0. The van der Waals surface area contributed by atoms with E-state index in [1.807, 2.05) is 23.5 Å². The molecule has 0 saturated heterocycles. The molecule has 0 aromatic heterocycles. The highest BCUT2D eigenvalue weighted by Crippen LogP contribution is 2.58. The van der Waals surface area contributed by atoms with Crippen molar-refractivity contribution in [2.45, 2.75) is 84.3 Å². The molecule has 0 fully saturated rings. The maximum atomic E-state index is 2.54. The van der Waals surface area contributed by atoms with Crippen molar-refractivity contribution in [3.8, 4) is 22.3 Å². The highest BCUT2D eigenvalue weighted by Gasteiger charge is 2.48. The van der Waals surface area contributed by atoms with Crippen molar-refractivity contribution in [3.63, 3.8) is 0 Å². The quantitative estimate of drug-likeness (QED) is 0.145. The lowest BCUT2D eigenvalue weighted by Crippen LogP contribution is -2.58. The van der Waals surface area contributed by atoms with Gasteiger partial charge in [-0.05, 0) is 94.6 Å². The summed E-state index contributed by atoms with van der Waals surface area (Å²) in [4.78, 5) is 5.82. The molecule has 2 aliphatic carbocycles. The molecule has 0 radical (unpaired) electrons. The first kappa shape index (κ1) is 30.5. The molecule has 7 aromatic carbocycles. The summed E-state index contributed by atoms with van der Waals surface area (Å²) in [6, 6.07) is 42.3. The average Bonchev–Trinajstić information content (AvgIpc) is 3.51. The van der Waals surface area contributed by atoms with E-state index in [9.17, 15) is 0 Å². The standard InChI is InChI=1S/C48H39BS2/c1-46(2,3)28-24-37-43-38(25-28)51-45-36(23-21-34-32-19-17-27-13-9-11-15-30(27)40(32)48(6,7)42(34)45)49(43)35-22-20-33-31-18-16-26-12-8-10-14-29(26)39(31)47(4,5)41(33)44(35)50-37/h8-25H,1-7H3. The Labute approximate surface area is 310 Å². The fourth-order valence-corrected chi connectivity index (χ4v) is 13.4. The van der Waals surface area contributed by atoms with Gasteiger partial charge in [0.1, 0.15) is 0 Å². The number of benzene rings is 7. The zero-order valence-corrected chi connectivity index (χ0v) is 31.9. The SMILES string of the molecule is CC(C)(C)c1cc2c3c(c1)Sc1c(ccc4c1C(C)(C)c1c-4ccc4ccccc14)B3c1ccc3c(c1S2)C(C)(C)c1c-3ccc2ccccc12. The molecule has 0 spiro atoms. The second-order valence-corrected chi connectivity index (χ2v) is 19.4. The monoisotopic (exact) mass is 690 g/mol. The molecule has 0 N–H and O–H groups in total. The maximum absolute atomic E-state index is 2.54. The maximum Gasteiger partial charge on any atom is 0.247 e. The van der Waals surface area contributed by atoms with E-state index < -0.39 is 0 Å². The van der Waals surface area contributed by atoms with Crippen molar-refractivity contribution >= 4 is 68.2 Å². The first-order valence-electron chi connectivity index (χ1n) is 18.4. The largest absolute Gasteiger partial charge is 0.247 e.